The van der Waals surface area contributed by atoms with E-state index in [2.05, 4.69) is 36.4 Å². The molecule has 0 bridgehead atoms. The molecule has 1 aromatic rings. The SMILES string of the molecule is CCc1nc(NC(=O)CCCNC(C)C)sc1C. The summed E-state index contributed by atoms with van der Waals surface area (Å²) in [5.41, 5.74) is 1.08. The van der Waals surface area contributed by atoms with Crippen molar-refractivity contribution in [2.45, 2.75) is 53.0 Å². The lowest BCUT2D eigenvalue weighted by Crippen LogP contribution is -2.24. The molecule has 0 aromatic carbocycles. The molecule has 1 amide bonds. The van der Waals surface area contributed by atoms with E-state index in [0.717, 1.165) is 30.2 Å². The molecular weight excluding hydrogens is 246 g/mol. The summed E-state index contributed by atoms with van der Waals surface area (Å²) < 4.78 is 0. The van der Waals surface area contributed by atoms with Gasteiger partial charge in [-0.15, -0.1) is 11.3 Å². The predicted octanol–water partition coefficient (Wildman–Crippen LogP) is 2.73. The van der Waals surface area contributed by atoms with Gasteiger partial charge in [-0.05, 0) is 26.3 Å². The number of nitrogens with zero attached hydrogens (tertiary/aromatic N) is 1. The number of hydrogen-bond donors (Lipinski definition) is 2. The fourth-order valence-electron chi connectivity index (χ4n) is 1.63. The van der Waals surface area contributed by atoms with Crippen LogP contribution in [0.1, 0.15) is 44.2 Å². The summed E-state index contributed by atoms with van der Waals surface area (Å²) in [5, 5.41) is 6.89. The number of nitrogens with one attached hydrogen (secondary N) is 2. The molecule has 0 aliphatic heterocycles. The third kappa shape index (κ3) is 5.14. The summed E-state index contributed by atoms with van der Waals surface area (Å²) in [6, 6.07) is 0.474. The highest BCUT2D eigenvalue weighted by Crippen LogP contribution is 2.22. The summed E-state index contributed by atoms with van der Waals surface area (Å²) in [6.07, 6.45) is 2.31. The Kier molecular flexibility index (Phi) is 6.29. The van der Waals surface area contributed by atoms with Crippen LogP contribution in [0.25, 0.3) is 0 Å². The molecule has 2 N–H and O–H groups in total. The lowest BCUT2D eigenvalue weighted by molar-refractivity contribution is -0.116. The standard InChI is InChI=1S/C13H23N3OS/c1-5-11-10(4)18-13(15-11)16-12(17)7-6-8-14-9(2)3/h9,14H,5-8H2,1-4H3,(H,15,16,17). The molecule has 5 heteroatoms. The maximum absolute atomic E-state index is 11.7. The Morgan fingerprint density at radius 2 is 2.17 bits per heavy atom. The topological polar surface area (TPSA) is 54.0 Å². The van der Waals surface area contributed by atoms with Gasteiger partial charge in [-0.1, -0.05) is 20.8 Å². The van der Waals surface area contributed by atoms with Crippen molar-refractivity contribution in [1.29, 1.82) is 0 Å². The molecule has 0 saturated heterocycles. The summed E-state index contributed by atoms with van der Waals surface area (Å²) >= 11 is 1.55. The molecule has 0 fully saturated rings. The lowest BCUT2D eigenvalue weighted by Gasteiger charge is -2.07. The quantitative estimate of drug-likeness (QED) is 0.748. The maximum atomic E-state index is 11.7. The fourth-order valence-corrected chi connectivity index (χ4v) is 2.55. The van der Waals surface area contributed by atoms with Crippen molar-refractivity contribution in [3.05, 3.63) is 10.6 Å². The largest absolute Gasteiger partial charge is 0.315 e. The third-order valence-electron chi connectivity index (χ3n) is 2.61. The zero-order valence-corrected chi connectivity index (χ0v) is 12.5. The van der Waals surface area contributed by atoms with Crippen molar-refractivity contribution < 1.29 is 4.79 Å². The molecular formula is C13H23N3OS. The Balaban J connectivity index is 2.31. The van der Waals surface area contributed by atoms with Gasteiger partial charge in [0.15, 0.2) is 5.13 Å². The van der Waals surface area contributed by atoms with Crippen molar-refractivity contribution in [2.75, 3.05) is 11.9 Å². The number of amides is 1. The monoisotopic (exact) mass is 269 g/mol. The summed E-state index contributed by atoms with van der Waals surface area (Å²) in [5.74, 6) is 0.0527. The predicted molar refractivity (Wildman–Crippen MR) is 77.2 cm³/mol. The van der Waals surface area contributed by atoms with Gasteiger partial charge >= 0.3 is 0 Å². The van der Waals surface area contributed by atoms with E-state index in [4.69, 9.17) is 0 Å². The lowest BCUT2D eigenvalue weighted by atomic mass is 10.3. The van der Waals surface area contributed by atoms with Crippen molar-refractivity contribution in [1.82, 2.24) is 10.3 Å². The molecule has 0 unspecified atom stereocenters. The Morgan fingerprint density at radius 3 is 2.72 bits per heavy atom. The minimum absolute atomic E-state index is 0.0527. The molecule has 0 aliphatic carbocycles. The number of aryl methyl sites for hydroxylation is 2. The molecule has 1 rings (SSSR count). The highest BCUT2D eigenvalue weighted by Gasteiger charge is 2.08. The van der Waals surface area contributed by atoms with Gasteiger partial charge in [0.25, 0.3) is 0 Å². The van der Waals surface area contributed by atoms with Crippen LogP contribution in [0.3, 0.4) is 0 Å². The van der Waals surface area contributed by atoms with E-state index in [0.29, 0.717) is 12.5 Å². The van der Waals surface area contributed by atoms with Gasteiger partial charge in [-0.3, -0.25) is 4.79 Å². The van der Waals surface area contributed by atoms with Crippen LogP contribution in [0.2, 0.25) is 0 Å². The zero-order valence-electron chi connectivity index (χ0n) is 11.7. The smallest absolute Gasteiger partial charge is 0.226 e. The number of thiazole rings is 1. The number of carbonyl (C=O) groups is 1. The van der Waals surface area contributed by atoms with E-state index in [-0.39, 0.29) is 5.91 Å². The van der Waals surface area contributed by atoms with Gasteiger partial charge in [-0.2, -0.15) is 0 Å². The van der Waals surface area contributed by atoms with Crippen LogP contribution in [0.4, 0.5) is 5.13 Å². The van der Waals surface area contributed by atoms with Crippen LogP contribution in [0, 0.1) is 6.92 Å². The summed E-state index contributed by atoms with van der Waals surface area (Å²) in [4.78, 5) is 17.3. The molecule has 1 heterocycles. The van der Waals surface area contributed by atoms with E-state index in [1.54, 1.807) is 11.3 Å². The van der Waals surface area contributed by atoms with Gasteiger partial charge in [-0.25, -0.2) is 4.98 Å². The van der Waals surface area contributed by atoms with Crippen molar-refractivity contribution >= 4 is 22.4 Å². The van der Waals surface area contributed by atoms with Crippen molar-refractivity contribution in [3.8, 4) is 0 Å². The van der Waals surface area contributed by atoms with Gasteiger partial charge in [0.05, 0.1) is 5.69 Å². The summed E-state index contributed by atoms with van der Waals surface area (Å²) in [7, 11) is 0. The van der Waals surface area contributed by atoms with Gasteiger partial charge in [0.1, 0.15) is 0 Å². The molecule has 4 nitrogen and oxygen atoms in total. The highest BCUT2D eigenvalue weighted by molar-refractivity contribution is 7.15. The van der Waals surface area contributed by atoms with Crippen LogP contribution < -0.4 is 10.6 Å². The Bertz CT molecular complexity index is 388. The number of hydrogen-bond acceptors (Lipinski definition) is 4. The van der Waals surface area contributed by atoms with Crippen LogP contribution >= 0.6 is 11.3 Å². The molecule has 0 saturated carbocycles. The Labute approximate surface area is 113 Å². The second kappa shape index (κ2) is 7.48. The molecule has 102 valence electrons. The van der Waals surface area contributed by atoms with Crippen molar-refractivity contribution in [3.63, 3.8) is 0 Å². The van der Waals surface area contributed by atoms with Crippen LogP contribution in [0.5, 0.6) is 0 Å². The number of carbonyl (C=O) groups excluding carboxylic acids is 1. The van der Waals surface area contributed by atoms with E-state index >= 15 is 0 Å². The van der Waals surface area contributed by atoms with Crippen LogP contribution in [-0.2, 0) is 11.2 Å². The molecule has 0 radical (unpaired) electrons. The highest BCUT2D eigenvalue weighted by atomic mass is 32.1. The maximum Gasteiger partial charge on any atom is 0.226 e. The molecule has 0 atom stereocenters. The summed E-state index contributed by atoms with van der Waals surface area (Å²) in [6.45, 7) is 9.20. The van der Waals surface area contributed by atoms with E-state index in [9.17, 15) is 4.79 Å². The van der Waals surface area contributed by atoms with E-state index in [1.165, 1.54) is 4.88 Å². The van der Waals surface area contributed by atoms with Gasteiger partial charge in [0.2, 0.25) is 5.91 Å². The third-order valence-corrected chi connectivity index (χ3v) is 3.54. The Hall–Kier alpha value is -0.940. The number of anilines is 1. The first-order chi connectivity index (χ1) is 8.52. The molecule has 18 heavy (non-hydrogen) atoms. The van der Waals surface area contributed by atoms with Crippen molar-refractivity contribution in [2.24, 2.45) is 0 Å². The first kappa shape index (κ1) is 15.1. The second-order valence-electron chi connectivity index (χ2n) is 4.64. The molecule has 0 aliphatic rings. The van der Waals surface area contributed by atoms with E-state index in [1.807, 2.05) is 6.92 Å². The number of rotatable bonds is 7. The average Bonchev–Trinajstić information content (AvgIpc) is 2.64. The second-order valence-corrected chi connectivity index (χ2v) is 5.84. The van der Waals surface area contributed by atoms with Crippen LogP contribution in [-0.4, -0.2) is 23.5 Å². The fraction of sp³-hybridized carbons (Fsp3) is 0.692. The van der Waals surface area contributed by atoms with E-state index < -0.39 is 0 Å². The Morgan fingerprint density at radius 1 is 1.44 bits per heavy atom. The first-order valence-corrected chi connectivity index (χ1v) is 7.34. The van der Waals surface area contributed by atoms with Gasteiger partial charge < -0.3 is 10.6 Å². The zero-order chi connectivity index (χ0) is 13.5. The minimum Gasteiger partial charge on any atom is -0.315 e. The normalized spacial score (nSPS) is 10.9. The van der Waals surface area contributed by atoms with Crippen LogP contribution in [0.15, 0.2) is 0 Å². The molecule has 1 aromatic heterocycles. The minimum atomic E-state index is 0.0527. The van der Waals surface area contributed by atoms with Gasteiger partial charge in [0, 0.05) is 17.3 Å². The number of aromatic nitrogens is 1. The average molecular weight is 269 g/mol. The molecule has 0 spiro atoms. The first-order valence-electron chi connectivity index (χ1n) is 6.52.